The third-order valence-electron chi connectivity index (χ3n) is 6.76. The Balaban J connectivity index is 1.39. The molecule has 0 spiro atoms. The molecule has 3 fully saturated rings. The number of nitrogens with zero attached hydrogens (tertiary/aromatic N) is 1. The Kier molecular flexibility index (Phi) is 5.02. The molecule has 2 heterocycles. The highest BCUT2D eigenvalue weighted by atomic mass is 32.2. The highest BCUT2D eigenvalue weighted by molar-refractivity contribution is 8.26. The van der Waals surface area contributed by atoms with Crippen LogP contribution in [0.2, 0.25) is 0 Å². The van der Waals surface area contributed by atoms with Crippen LogP contribution in [0.25, 0.3) is 17.4 Å². The lowest BCUT2D eigenvalue weighted by molar-refractivity contribution is -0.124. The van der Waals surface area contributed by atoms with Crippen LogP contribution in [-0.4, -0.2) is 28.3 Å². The number of fused-ring (bicyclic) bond motifs is 2. The molecule has 3 atom stereocenters. The summed E-state index contributed by atoms with van der Waals surface area (Å²) in [6, 6.07) is 8.26. The Morgan fingerprint density at radius 1 is 1.20 bits per heavy atom. The average Bonchev–Trinajstić information content (AvgIpc) is 3.49. The number of hydrogen-bond donors (Lipinski definition) is 0. The third-order valence-corrected chi connectivity index (χ3v) is 8.09. The van der Waals surface area contributed by atoms with Crippen molar-refractivity contribution < 1.29 is 13.9 Å². The second kappa shape index (κ2) is 7.57. The Bertz CT molecular complexity index is 1070. The maximum absolute atomic E-state index is 13.1. The van der Waals surface area contributed by atoms with Crippen LogP contribution in [0.15, 0.2) is 33.6 Å². The van der Waals surface area contributed by atoms with Gasteiger partial charge in [0.1, 0.15) is 21.6 Å². The molecular weight excluding hydrogens is 414 g/mol. The zero-order valence-electron chi connectivity index (χ0n) is 17.4. The minimum absolute atomic E-state index is 0.0389. The molecule has 5 rings (SSSR count). The standard InChI is InChI=1S/C24H25NO3S2/c1-13-9-21(27-3)14(2)8-18(13)20-7-6-17(28-20)12-22-23(26)25(24(29)30-22)19-11-15-4-5-16(19)10-15/h6-9,12,15-16,19H,4-5,10-11H2,1-3H3/b22-12-. The van der Waals surface area contributed by atoms with Crippen molar-refractivity contribution in [2.24, 2.45) is 11.8 Å². The summed E-state index contributed by atoms with van der Waals surface area (Å²) < 4.78 is 12.2. The topological polar surface area (TPSA) is 42.7 Å². The van der Waals surface area contributed by atoms with Crippen LogP contribution in [0.3, 0.4) is 0 Å². The van der Waals surface area contributed by atoms with Crippen LogP contribution in [0.1, 0.15) is 42.6 Å². The molecule has 156 valence electrons. The number of hydrogen-bond acceptors (Lipinski definition) is 5. The van der Waals surface area contributed by atoms with Gasteiger partial charge in [-0.15, -0.1) is 0 Å². The molecule has 30 heavy (non-hydrogen) atoms. The number of benzene rings is 1. The van der Waals surface area contributed by atoms with Crippen LogP contribution >= 0.6 is 24.0 Å². The summed E-state index contributed by atoms with van der Waals surface area (Å²) in [4.78, 5) is 15.7. The highest BCUT2D eigenvalue weighted by Crippen LogP contribution is 2.49. The largest absolute Gasteiger partial charge is 0.496 e. The number of ether oxygens (including phenoxy) is 1. The van der Waals surface area contributed by atoms with Crippen molar-refractivity contribution >= 4 is 40.3 Å². The molecule has 6 heteroatoms. The number of thiocarbonyl (C=S) groups is 1. The summed E-state index contributed by atoms with van der Waals surface area (Å²) in [6.07, 6.45) is 6.73. The van der Waals surface area contributed by atoms with Crippen molar-refractivity contribution in [3.05, 3.63) is 46.1 Å². The Labute approximate surface area is 186 Å². The number of rotatable bonds is 4. The van der Waals surface area contributed by atoms with Crippen LogP contribution in [-0.2, 0) is 4.79 Å². The van der Waals surface area contributed by atoms with Gasteiger partial charge in [0.15, 0.2) is 0 Å². The van der Waals surface area contributed by atoms with Crippen molar-refractivity contribution in [1.82, 2.24) is 4.90 Å². The van der Waals surface area contributed by atoms with Gasteiger partial charge in [-0.2, -0.15) is 0 Å². The molecule has 4 nitrogen and oxygen atoms in total. The number of aryl methyl sites for hydroxylation is 2. The van der Waals surface area contributed by atoms with E-state index in [9.17, 15) is 4.79 Å². The number of methoxy groups -OCH3 is 1. The molecule has 0 radical (unpaired) electrons. The average molecular weight is 440 g/mol. The molecule has 0 N–H and O–H groups in total. The van der Waals surface area contributed by atoms with Gasteiger partial charge in [-0.3, -0.25) is 9.69 Å². The molecule has 1 amide bonds. The van der Waals surface area contributed by atoms with Crippen LogP contribution in [0, 0.1) is 25.7 Å². The molecular formula is C24H25NO3S2. The van der Waals surface area contributed by atoms with Crippen molar-refractivity contribution in [3.63, 3.8) is 0 Å². The predicted octanol–water partition coefficient (Wildman–Crippen LogP) is 5.96. The molecule has 2 aromatic rings. The second-order valence-corrected chi connectivity index (χ2v) is 10.3. The number of carbonyl (C=O) groups is 1. The predicted molar refractivity (Wildman–Crippen MR) is 124 cm³/mol. The van der Waals surface area contributed by atoms with E-state index in [0.29, 0.717) is 26.9 Å². The van der Waals surface area contributed by atoms with Gasteiger partial charge in [0, 0.05) is 17.7 Å². The molecule has 1 aromatic carbocycles. The lowest BCUT2D eigenvalue weighted by atomic mass is 9.94. The minimum Gasteiger partial charge on any atom is -0.496 e. The van der Waals surface area contributed by atoms with E-state index in [-0.39, 0.29) is 5.91 Å². The fourth-order valence-electron chi connectivity index (χ4n) is 5.27. The normalized spacial score (nSPS) is 27.0. The maximum atomic E-state index is 13.1. The van der Waals surface area contributed by atoms with Gasteiger partial charge in [0.05, 0.1) is 12.0 Å². The van der Waals surface area contributed by atoms with Gasteiger partial charge in [-0.1, -0.05) is 30.4 Å². The van der Waals surface area contributed by atoms with E-state index in [2.05, 4.69) is 6.07 Å². The van der Waals surface area contributed by atoms with Gasteiger partial charge in [0.2, 0.25) is 0 Å². The minimum atomic E-state index is 0.0389. The molecule has 1 saturated heterocycles. The van der Waals surface area contributed by atoms with E-state index in [1.54, 1.807) is 7.11 Å². The first-order valence-corrected chi connectivity index (χ1v) is 11.7. The van der Waals surface area contributed by atoms with Gasteiger partial charge < -0.3 is 9.15 Å². The van der Waals surface area contributed by atoms with Gasteiger partial charge in [0.25, 0.3) is 5.91 Å². The Morgan fingerprint density at radius 2 is 2.03 bits per heavy atom. The molecule has 1 aliphatic heterocycles. The zero-order chi connectivity index (χ0) is 21.0. The first-order chi connectivity index (χ1) is 14.4. The van der Waals surface area contributed by atoms with E-state index in [0.717, 1.165) is 40.5 Å². The fourth-order valence-corrected chi connectivity index (χ4v) is 6.63. The number of carbonyl (C=O) groups excluding carboxylic acids is 1. The molecule has 3 aliphatic rings. The second-order valence-electron chi connectivity index (χ2n) is 8.63. The quantitative estimate of drug-likeness (QED) is 0.434. The smallest absolute Gasteiger partial charge is 0.266 e. The first-order valence-electron chi connectivity index (χ1n) is 10.5. The van der Waals surface area contributed by atoms with Crippen LogP contribution in [0.4, 0.5) is 0 Å². The van der Waals surface area contributed by atoms with Crippen molar-refractivity contribution in [1.29, 1.82) is 0 Å². The first kappa shape index (κ1) is 19.9. The molecule has 1 aromatic heterocycles. The van der Waals surface area contributed by atoms with E-state index >= 15 is 0 Å². The molecule has 2 bridgehead atoms. The lowest BCUT2D eigenvalue weighted by Gasteiger charge is -2.30. The third kappa shape index (κ3) is 3.30. The summed E-state index contributed by atoms with van der Waals surface area (Å²) in [5, 5.41) is 0. The fraction of sp³-hybridized carbons (Fsp3) is 0.417. The van der Waals surface area contributed by atoms with E-state index in [1.165, 1.54) is 31.0 Å². The van der Waals surface area contributed by atoms with Crippen molar-refractivity contribution in [2.45, 2.75) is 45.6 Å². The van der Waals surface area contributed by atoms with E-state index in [1.807, 2.05) is 43.0 Å². The Hall–Kier alpha value is -2.05. The summed E-state index contributed by atoms with van der Waals surface area (Å²) >= 11 is 6.98. The summed E-state index contributed by atoms with van der Waals surface area (Å²) in [6.45, 7) is 4.06. The Morgan fingerprint density at radius 3 is 2.73 bits per heavy atom. The highest BCUT2D eigenvalue weighted by Gasteiger charge is 2.47. The lowest BCUT2D eigenvalue weighted by Crippen LogP contribution is -2.41. The zero-order valence-corrected chi connectivity index (χ0v) is 19.1. The molecule has 2 saturated carbocycles. The van der Waals surface area contributed by atoms with Crippen LogP contribution < -0.4 is 4.74 Å². The van der Waals surface area contributed by atoms with Crippen molar-refractivity contribution in [3.8, 4) is 17.1 Å². The summed E-state index contributed by atoms with van der Waals surface area (Å²) in [5.74, 6) is 3.76. The van der Waals surface area contributed by atoms with E-state index < -0.39 is 0 Å². The van der Waals surface area contributed by atoms with Gasteiger partial charge >= 0.3 is 0 Å². The number of furan rings is 1. The number of thioether (sulfide) groups is 1. The van der Waals surface area contributed by atoms with Gasteiger partial charge in [-0.05, 0) is 80.3 Å². The molecule has 3 unspecified atom stereocenters. The number of amides is 1. The SMILES string of the molecule is COc1cc(C)c(-c2ccc(/C=C3\SC(=S)N(C4CC5CCC4C5)C3=O)o2)cc1C. The maximum Gasteiger partial charge on any atom is 0.266 e. The molecule has 2 aliphatic carbocycles. The summed E-state index contributed by atoms with van der Waals surface area (Å²) in [7, 11) is 1.68. The van der Waals surface area contributed by atoms with Gasteiger partial charge in [-0.25, -0.2) is 0 Å². The van der Waals surface area contributed by atoms with E-state index in [4.69, 9.17) is 21.4 Å². The summed E-state index contributed by atoms with van der Waals surface area (Å²) in [5.41, 5.74) is 3.17. The monoisotopic (exact) mass is 439 g/mol. The van der Waals surface area contributed by atoms with Crippen molar-refractivity contribution in [2.75, 3.05) is 7.11 Å². The van der Waals surface area contributed by atoms with Crippen LogP contribution in [0.5, 0.6) is 5.75 Å².